The molecule has 0 saturated heterocycles. The quantitative estimate of drug-likeness (QED) is 0.162. The molecule has 0 radical (unpaired) electrons. The van der Waals surface area contributed by atoms with Crippen LogP contribution in [0.2, 0.25) is 0 Å². The van der Waals surface area contributed by atoms with E-state index in [4.69, 9.17) is 4.98 Å². The normalized spacial score (nSPS) is 11.9. The van der Waals surface area contributed by atoms with E-state index in [0.29, 0.717) is 0 Å². The molecule has 12 rings (SSSR count). The molecule has 0 bridgehead atoms. The van der Waals surface area contributed by atoms with Crippen LogP contribution in [-0.2, 0) is 0 Å². The molecule has 264 valence electrons. The third-order valence-electron chi connectivity index (χ3n) is 11.9. The summed E-state index contributed by atoms with van der Waals surface area (Å²) < 4.78 is 2.28. The van der Waals surface area contributed by atoms with Gasteiger partial charge in [-0.2, -0.15) is 0 Å². The Labute approximate surface area is 330 Å². The van der Waals surface area contributed by atoms with Gasteiger partial charge in [-0.25, -0.2) is 4.98 Å². The highest BCUT2D eigenvalue weighted by atomic mass is 15.1. The van der Waals surface area contributed by atoms with Crippen LogP contribution >= 0.6 is 0 Å². The number of imidazole rings is 1. The number of hydrogen-bond acceptors (Lipinski definition) is 1. The van der Waals surface area contributed by atoms with Crippen LogP contribution in [0.4, 0.5) is 0 Å². The predicted octanol–water partition coefficient (Wildman–Crippen LogP) is 14.8. The third-order valence-corrected chi connectivity index (χ3v) is 11.9. The van der Waals surface area contributed by atoms with Crippen molar-refractivity contribution >= 4 is 43.4 Å². The van der Waals surface area contributed by atoms with Gasteiger partial charge in [-0.05, 0) is 130 Å². The van der Waals surface area contributed by atoms with E-state index in [1.54, 1.807) is 0 Å². The van der Waals surface area contributed by atoms with E-state index in [1.807, 2.05) is 0 Å². The van der Waals surface area contributed by atoms with Crippen molar-refractivity contribution in [2.75, 3.05) is 0 Å². The Bertz CT molecular complexity index is 3270. The molecule has 57 heavy (non-hydrogen) atoms. The van der Waals surface area contributed by atoms with Crippen molar-refractivity contribution in [1.82, 2.24) is 9.55 Å². The minimum Gasteiger partial charge on any atom is -0.292 e. The highest BCUT2D eigenvalue weighted by Crippen LogP contribution is 2.53. The maximum Gasteiger partial charge on any atom is 0.145 e. The highest BCUT2D eigenvalue weighted by molar-refractivity contribution is 6.26. The van der Waals surface area contributed by atoms with Crippen molar-refractivity contribution in [3.63, 3.8) is 0 Å². The average molecular weight is 723 g/mol. The monoisotopic (exact) mass is 722 g/mol. The lowest BCUT2D eigenvalue weighted by Gasteiger charge is -2.19. The maximum absolute atomic E-state index is 5.19. The van der Waals surface area contributed by atoms with E-state index in [9.17, 15) is 0 Å². The smallest absolute Gasteiger partial charge is 0.145 e. The van der Waals surface area contributed by atoms with Gasteiger partial charge in [0.2, 0.25) is 0 Å². The molecular weight excluding hydrogens is 689 g/mol. The standard InChI is InChI=1S/C55H34N2/c1-4-16-35(17-5-1)52-42-24-10-11-25-43(42)53(36-18-6-2-7-19-36)49-34-47-45-31-30-40(41-26-15-27-44(54(41)45)46(47)33-48(49)52)37-20-14-21-38(32-37)55-56-50-28-12-13-29-51(50)57(55)39-22-8-3-9-23-39/h1-34H. The Kier molecular flexibility index (Phi) is 6.96. The number of fused-ring (bicyclic) bond motifs is 6. The van der Waals surface area contributed by atoms with Crippen molar-refractivity contribution in [1.29, 1.82) is 0 Å². The van der Waals surface area contributed by atoms with Crippen LogP contribution in [0.15, 0.2) is 206 Å². The molecule has 0 unspecified atom stereocenters. The zero-order chi connectivity index (χ0) is 37.5. The second-order valence-corrected chi connectivity index (χ2v) is 15.0. The van der Waals surface area contributed by atoms with Gasteiger partial charge in [-0.3, -0.25) is 4.57 Å². The molecule has 1 heterocycles. The Morgan fingerprint density at radius 2 is 0.825 bits per heavy atom. The molecule has 11 aromatic rings. The zero-order valence-electron chi connectivity index (χ0n) is 31.0. The van der Waals surface area contributed by atoms with Crippen LogP contribution in [0.1, 0.15) is 0 Å². The van der Waals surface area contributed by atoms with Crippen molar-refractivity contribution in [3.8, 4) is 72.7 Å². The molecule has 1 aliphatic carbocycles. The lowest BCUT2D eigenvalue weighted by molar-refractivity contribution is 1.10. The largest absolute Gasteiger partial charge is 0.292 e. The van der Waals surface area contributed by atoms with Gasteiger partial charge in [0, 0.05) is 11.3 Å². The molecule has 10 aromatic carbocycles. The Balaban J connectivity index is 1.09. The molecule has 1 aliphatic rings. The second-order valence-electron chi connectivity index (χ2n) is 15.0. The van der Waals surface area contributed by atoms with Crippen molar-refractivity contribution in [3.05, 3.63) is 206 Å². The molecular formula is C55H34N2. The number of para-hydroxylation sites is 3. The van der Waals surface area contributed by atoms with Gasteiger partial charge >= 0.3 is 0 Å². The average Bonchev–Trinajstić information content (AvgIpc) is 3.82. The first kappa shape index (κ1) is 31.8. The lowest BCUT2D eigenvalue weighted by atomic mass is 9.84. The number of benzene rings is 10. The van der Waals surface area contributed by atoms with Crippen LogP contribution in [-0.4, -0.2) is 9.55 Å². The van der Waals surface area contributed by atoms with Crippen LogP contribution in [0.3, 0.4) is 0 Å². The summed E-state index contributed by atoms with van der Waals surface area (Å²) in [5.41, 5.74) is 16.8. The molecule has 1 aromatic heterocycles. The van der Waals surface area contributed by atoms with Gasteiger partial charge < -0.3 is 0 Å². The van der Waals surface area contributed by atoms with Crippen LogP contribution in [0.25, 0.3) is 116 Å². The number of rotatable bonds is 5. The highest BCUT2D eigenvalue weighted by Gasteiger charge is 2.26. The van der Waals surface area contributed by atoms with E-state index >= 15 is 0 Å². The summed E-state index contributed by atoms with van der Waals surface area (Å²) in [7, 11) is 0. The number of nitrogens with zero attached hydrogens (tertiary/aromatic N) is 2. The topological polar surface area (TPSA) is 17.8 Å². The minimum absolute atomic E-state index is 0.935. The first-order chi connectivity index (χ1) is 28.3. The first-order valence-corrected chi connectivity index (χ1v) is 19.6. The summed E-state index contributed by atoms with van der Waals surface area (Å²) in [5, 5.41) is 7.66. The Morgan fingerprint density at radius 1 is 0.316 bits per heavy atom. The predicted molar refractivity (Wildman–Crippen MR) is 240 cm³/mol. The van der Waals surface area contributed by atoms with Gasteiger partial charge in [0.05, 0.1) is 11.0 Å². The van der Waals surface area contributed by atoms with E-state index in [0.717, 1.165) is 28.1 Å². The molecule has 0 N–H and O–H groups in total. The fourth-order valence-corrected chi connectivity index (χ4v) is 9.49. The minimum atomic E-state index is 0.935. The SMILES string of the molecule is c1ccc(-c2c3ccccc3c(-c3ccccc3)c3cc4c(cc23)-c2cccc3c(-c5cccc(-c6nc7ccccc7n6-c6ccccc6)c5)ccc-4c23)cc1. The van der Waals surface area contributed by atoms with E-state index in [1.165, 1.54) is 88.0 Å². The van der Waals surface area contributed by atoms with Gasteiger partial charge in [0.1, 0.15) is 5.82 Å². The molecule has 2 heteroatoms. The van der Waals surface area contributed by atoms with E-state index in [-0.39, 0.29) is 0 Å². The fourth-order valence-electron chi connectivity index (χ4n) is 9.49. The van der Waals surface area contributed by atoms with Crippen LogP contribution < -0.4 is 0 Å². The third kappa shape index (κ3) is 4.81. The number of aromatic nitrogens is 2. The molecule has 0 fully saturated rings. The van der Waals surface area contributed by atoms with Gasteiger partial charge in [0.25, 0.3) is 0 Å². The molecule has 0 saturated carbocycles. The summed E-state index contributed by atoms with van der Waals surface area (Å²) in [5.74, 6) is 0.935. The molecule has 0 spiro atoms. The van der Waals surface area contributed by atoms with Crippen LogP contribution in [0.5, 0.6) is 0 Å². The van der Waals surface area contributed by atoms with E-state index < -0.39 is 0 Å². The van der Waals surface area contributed by atoms with Gasteiger partial charge in [0.15, 0.2) is 0 Å². The summed E-state index contributed by atoms with van der Waals surface area (Å²) >= 11 is 0. The van der Waals surface area contributed by atoms with Crippen molar-refractivity contribution in [2.24, 2.45) is 0 Å². The summed E-state index contributed by atoms with van der Waals surface area (Å²) in [6, 6.07) is 75.1. The molecule has 0 amide bonds. The number of hydrogen-bond donors (Lipinski definition) is 0. The van der Waals surface area contributed by atoms with Crippen molar-refractivity contribution in [2.45, 2.75) is 0 Å². The summed E-state index contributed by atoms with van der Waals surface area (Å²) in [4.78, 5) is 5.19. The molecule has 2 nitrogen and oxygen atoms in total. The maximum atomic E-state index is 5.19. The fraction of sp³-hybridized carbons (Fsp3) is 0. The molecule has 0 atom stereocenters. The van der Waals surface area contributed by atoms with Gasteiger partial charge in [-0.1, -0.05) is 164 Å². The van der Waals surface area contributed by atoms with Gasteiger partial charge in [-0.15, -0.1) is 0 Å². The van der Waals surface area contributed by atoms with Crippen LogP contribution in [0, 0.1) is 0 Å². The zero-order valence-corrected chi connectivity index (χ0v) is 31.0. The molecule has 0 aliphatic heterocycles. The second kappa shape index (κ2) is 12.5. The Morgan fingerprint density at radius 3 is 1.51 bits per heavy atom. The Hall–Kier alpha value is -7.55. The summed E-state index contributed by atoms with van der Waals surface area (Å²) in [6.45, 7) is 0. The first-order valence-electron chi connectivity index (χ1n) is 19.6. The van der Waals surface area contributed by atoms with E-state index in [2.05, 4.69) is 211 Å². The summed E-state index contributed by atoms with van der Waals surface area (Å²) in [6.07, 6.45) is 0. The lowest BCUT2D eigenvalue weighted by Crippen LogP contribution is -1.97. The van der Waals surface area contributed by atoms with Crippen molar-refractivity contribution < 1.29 is 0 Å².